The molecule has 2 aromatic rings. The summed E-state index contributed by atoms with van der Waals surface area (Å²) in [4.78, 5) is 4.81. The highest BCUT2D eigenvalue weighted by Gasteiger charge is 2.40. The van der Waals surface area contributed by atoms with Crippen LogP contribution < -0.4 is 4.74 Å². The van der Waals surface area contributed by atoms with E-state index in [2.05, 4.69) is 33.0 Å². The van der Waals surface area contributed by atoms with E-state index in [9.17, 15) is 0 Å². The lowest BCUT2D eigenvalue weighted by molar-refractivity contribution is 0.166. The third-order valence-electron chi connectivity index (χ3n) is 8.39. The fraction of sp³-hybridized carbons (Fsp3) is 0.667. The summed E-state index contributed by atoms with van der Waals surface area (Å²) in [6.45, 7) is 7.50. The van der Waals surface area contributed by atoms with E-state index in [1.807, 2.05) is 18.2 Å². The molecule has 1 aliphatic rings. The van der Waals surface area contributed by atoms with Crippen molar-refractivity contribution >= 4 is 0 Å². The van der Waals surface area contributed by atoms with Gasteiger partial charge < -0.3 is 4.74 Å². The van der Waals surface area contributed by atoms with Crippen molar-refractivity contribution < 1.29 is 9.13 Å². The molecule has 0 bridgehead atoms. The standard InChI is InChI=1S/C33H50FNO/c1-4-7-9-10-11-15-24-36-29-19-20-30(31(34)25-29)32-21-18-28(26-35-32)33(22-13-12-14-23-33)27(16-6-3)17-8-5-2/h18-21,25-27H,4-17,22-24H2,1-3H3. The fourth-order valence-electron chi connectivity index (χ4n) is 6.32. The Bertz CT molecular complexity index is 872. The zero-order chi connectivity index (χ0) is 25.6. The second-order valence-corrected chi connectivity index (χ2v) is 11.0. The summed E-state index contributed by atoms with van der Waals surface area (Å²) in [5.74, 6) is 1.08. The normalized spacial score (nSPS) is 16.1. The number of hydrogen-bond acceptors (Lipinski definition) is 2. The summed E-state index contributed by atoms with van der Waals surface area (Å²) >= 11 is 0. The average Bonchev–Trinajstić information content (AvgIpc) is 2.91. The van der Waals surface area contributed by atoms with E-state index in [1.54, 1.807) is 0 Å². The Hall–Kier alpha value is -1.90. The van der Waals surface area contributed by atoms with E-state index < -0.39 is 0 Å². The van der Waals surface area contributed by atoms with Crippen molar-refractivity contribution in [1.29, 1.82) is 0 Å². The molecule has 2 nitrogen and oxygen atoms in total. The van der Waals surface area contributed by atoms with E-state index in [1.165, 1.54) is 108 Å². The second kappa shape index (κ2) is 15.4. The summed E-state index contributed by atoms with van der Waals surface area (Å²) in [6.07, 6.45) is 22.3. The Morgan fingerprint density at radius 1 is 0.833 bits per heavy atom. The number of aromatic nitrogens is 1. The average molecular weight is 496 g/mol. The molecule has 3 heteroatoms. The summed E-state index contributed by atoms with van der Waals surface area (Å²) in [6, 6.07) is 9.53. The first-order valence-electron chi connectivity index (χ1n) is 15.0. The molecule has 0 aliphatic heterocycles. The van der Waals surface area contributed by atoms with Crippen LogP contribution in [0.4, 0.5) is 4.39 Å². The van der Waals surface area contributed by atoms with Crippen LogP contribution in [-0.2, 0) is 5.41 Å². The van der Waals surface area contributed by atoms with Crippen LogP contribution in [0, 0.1) is 11.7 Å². The highest BCUT2D eigenvalue weighted by molar-refractivity contribution is 5.61. The van der Waals surface area contributed by atoms with Crippen molar-refractivity contribution in [3.63, 3.8) is 0 Å². The molecule has 1 heterocycles. The van der Waals surface area contributed by atoms with Gasteiger partial charge in [-0.2, -0.15) is 0 Å². The number of nitrogens with zero attached hydrogens (tertiary/aromatic N) is 1. The molecule has 0 N–H and O–H groups in total. The van der Waals surface area contributed by atoms with E-state index in [-0.39, 0.29) is 11.2 Å². The van der Waals surface area contributed by atoms with Gasteiger partial charge >= 0.3 is 0 Å². The van der Waals surface area contributed by atoms with Gasteiger partial charge in [0.15, 0.2) is 0 Å². The largest absolute Gasteiger partial charge is 0.493 e. The van der Waals surface area contributed by atoms with Gasteiger partial charge in [-0.15, -0.1) is 0 Å². The number of hydrogen-bond donors (Lipinski definition) is 0. The van der Waals surface area contributed by atoms with Crippen molar-refractivity contribution in [3.05, 3.63) is 47.9 Å². The maximum atomic E-state index is 15.0. The molecule has 0 radical (unpaired) electrons. The Balaban J connectivity index is 1.68. The summed E-state index contributed by atoms with van der Waals surface area (Å²) in [7, 11) is 0. The first kappa shape index (κ1) is 28.7. The molecular weight excluding hydrogens is 445 g/mol. The Morgan fingerprint density at radius 3 is 2.25 bits per heavy atom. The minimum atomic E-state index is -0.255. The van der Waals surface area contributed by atoms with Crippen molar-refractivity contribution in [1.82, 2.24) is 4.98 Å². The molecule has 1 aliphatic carbocycles. The lowest BCUT2D eigenvalue weighted by Gasteiger charge is -2.44. The predicted molar refractivity (Wildman–Crippen MR) is 151 cm³/mol. The highest BCUT2D eigenvalue weighted by atomic mass is 19.1. The Morgan fingerprint density at radius 2 is 1.58 bits per heavy atom. The monoisotopic (exact) mass is 495 g/mol. The molecule has 3 rings (SSSR count). The van der Waals surface area contributed by atoms with Gasteiger partial charge in [0.1, 0.15) is 11.6 Å². The summed E-state index contributed by atoms with van der Waals surface area (Å²) in [5.41, 5.74) is 2.88. The van der Waals surface area contributed by atoms with Gasteiger partial charge in [0, 0.05) is 17.8 Å². The van der Waals surface area contributed by atoms with E-state index in [0.717, 1.165) is 12.3 Å². The van der Waals surface area contributed by atoms with Gasteiger partial charge in [-0.1, -0.05) is 97.5 Å². The molecule has 36 heavy (non-hydrogen) atoms. The van der Waals surface area contributed by atoms with Crippen LogP contribution in [0.15, 0.2) is 36.5 Å². The number of rotatable bonds is 16. The Kier molecular flexibility index (Phi) is 12.2. The molecule has 1 atom stereocenters. The van der Waals surface area contributed by atoms with E-state index in [0.29, 0.717) is 23.6 Å². The quantitative estimate of drug-likeness (QED) is 0.216. The molecule has 1 aromatic carbocycles. The first-order valence-corrected chi connectivity index (χ1v) is 15.0. The second-order valence-electron chi connectivity index (χ2n) is 11.0. The van der Waals surface area contributed by atoms with Gasteiger partial charge in [-0.3, -0.25) is 4.98 Å². The van der Waals surface area contributed by atoms with Crippen LogP contribution in [0.25, 0.3) is 11.3 Å². The van der Waals surface area contributed by atoms with Gasteiger partial charge in [0.25, 0.3) is 0 Å². The van der Waals surface area contributed by atoms with E-state index in [4.69, 9.17) is 9.72 Å². The van der Waals surface area contributed by atoms with Crippen molar-refractivity contribution in [2.75, 3.05) is 6.61 Å². The van der Waals surface area contributed by atoms with Crippen LogP contribution in [0.1, 0.15) is 129 Å². The Labute approximate surface area is 220 Å². The van der Waals surface area contributed by atoms with Gasteiger partial charge in [0.2, 0.25) is 0 Å². The molecule has 1 fully saturated rings. The zero-order valence-corrected chi connectivity index (χ0v) is 23.3. The molecule has 1 unspecified atom stereocenters. The van der Waals surface area contributed by atoms with Crippen LogP contribution in [0.2, 0.25) is 0 Å². The van der Waals surface area contributed by atoms with Crippen molar-refractivity contribution in [2.24, 2.45) is 5.92 Å². The maximum absolute atomic E-state index is 15.0. The lowest BCUT2D eigenvalue weighted by Crippen LogP contribution is -2.37. The van der Waals surface area contributed by atoms with Crippen LogP contribution in [0.3, 0.4) is 0 Å². The SMILES string of the molecule is CCCCCCCCOc1ccc(-c2ccc(C3(C(CCC)CCCC)CCCCC3)cn2)c(F)c1. The summed E-state index contributed by atoms with van der Waals surface area (Å²) < 4.78 is 20.8. The minimum absolute atomic E-state index is 0.238. The van der Waals surface area contributed by atoms with Crippen molar-refractivity contribution in [3.8, 4) is 17.0 Å². The topological polar surface area (TPSA) is 22.1 Å². The number of halogens is 1. The minimum Gasteiger partial charge on any atom is -0.493 e. The molecule has 1 saturated carbocycles. The lowest BCUT2D eigenvalue weighted by atomic mass is 9.60. The molecule has 200 valence electrons. The van der Waals surface area contributed by atoms with Gasteiger partial charge in [-0.25, -0.2) is 4.39 Å². The van der Waals surface area contributed by atoms with E-state index >= 15 is 4.39 Å². The first-order chi connectivity index (χ1) is 17.6. The number of ether oxygens (including phenoxy) is 1. The highest BCUT2D eigenvalue weighted by Crippen LogP contribution is 2.48. The molecule has 0 spiro atoms. The third-order valence-corrected chi connectivity index (χ3v) is 8.39. The van der Waals surface area contributed by atoms with Crippen LogP contribution in [-0.4, -0.2) is 11.6 Å². The van der Waals surface area contributed by atoms with Crippen molar-refractivity contribution in [2.45, 2.75) is 129 Å². The van der Waals surface area contributed by atoms with Gasteiger partial charge in [0.05, 0.1) is 12.3 Å². The molecule has 0 saturated heterocycles. The summed E-state index contributed by atoms with van der Waals surface area (Å²) in [5, 5.41) is 0. The van der Waals surface area contributed by atoms with Crippen LogP contribution in [0.5, 0.6) is 5.75 Å². The molecular formula is C33H50FNO. The fourth-order valence-corrected chi connectivity index (χ4v) is 6.32. The predicted octanol–water partition coefficient (Wildman–Crippen LogP) is 10.4. The molecule has 1 aromatic heterocycles. The third kappa shape index (κ3) is 7.80. The smallest absolute Gasteiger partial charge is 0.136 e. The number of benzene rings is 1. The van der Waals surface area contributed by atoms with Gasteiger partial charge in [-0.05, 0) is 67.2 Å². The number of unbranched alkanes of at least 4 members (excludes halogenated alkanes) is 6. The molecule has 0 amide bonds. The maximum Gasteiger partial charge on any atom is 0.136 e. The number of pyridine rings is 1. The zero-order valence-electron chi connectivity index (χ0n) is 23.3. The van der Waals surface area contributed by atoms with Crippen LogP contribution >= 0.6 is 0 Å².